The van der Waals surface area contributed by atoms with Gasteiger partial charge >= 0.3 is 0 Å². The molecule has 1 heterocycles. The number of hydrogen-bond donors (Lipinski definition) is 1. The fraction of sp³-hybridized carbons (Fsp3) is 0.350. The van der Waals surface area contributed by atoms with Crippen molar-refractivity contribution in [2.45, 2.75) is 32.1 Å². The fourth-order valence-electron chi connectivity index (χ4n) is 3.17. The lowest BCUT2D eigenvalue weighted by Crippen LogP contribution is -2.16. The van der Waals surface area contributed by atoms with Crippen molar-refractivity contribution >= 4 is 21.9 Å². The van der Waals surface area contributed by atoms with Crippen molar-refractivity contribution in [3.63, 3.8) is 0 Å². The van der Waals surface area contributed by atoms with Gasteiger partial charge in [-0.2, -0.15) is 0 Å². The SMILES string of the molecule is NCC1CCCCC1.O=c1c2ccccc2oc2ccccc12. The summed E-state index contributed by atoms with van der Waals surface area (Å²) in [6, 6.07) is 14.6. The molecule has 1 aliphatic rings. The van der Waals surface area contributed by atoms with Gasteiger partial charge in [0.05, 0.1) is 10.8 Å². The lowest BCUT2D eigenvalue weighted by atomic mass is 9.90. The van der Waals surface area contributed by atoms with E-state index in [2.05, 4.69) is 0 Å². The second-order valence-corrected chi connectivity index (χ2v) is 6.16. The number of benzene rings is 2. The minimum absolute atomic E-state index is 0.0347. The highest BCUT2D eigenvalue weighted by Crippen LogP contribution is 2.22. The van der Waals surface area contributed by atoms with E-state index in [1.807, 2.05) is 36.4 Å². The summed E-state index contributed by atoms with van der Waals surface area (Å²) < 4.78 is 5.63. The lowest BCUT2D eigenvalue weighted by Gasteiger charge is -2.18. The van der Waals surface area contributed by atoms with Crippen LogP contribution in [0, 0.1) is 5.92 Å². The number of para-hydroxylation sites is 2. The molecule has 2 aromatic carbocycles. The maximum atomic E-state index is 12.0. The van der Waals surface area contributed by atoms with Crippen LogP contribution >= 0.6 is 0 Å². The first-order valence-corrected chi connectivity index (χ1v) is 8.40. The number of nitrogens with two attached hydrogens (primary N) is 1. The van der Waals surface area contributed by atoms with Crippen LogP contribution in [0.25, 0.3) is 21.9 Å². The molecule has 1 aromatic heterocycles. The molecule has 0 amide bonds. The minimum atomic E-state index is 0.0347. The first-order chi connectivity index (χ1) is 11.3. The molecule has 0 saturated heterocycles. The summed E-state index contributed by atoms with van der Waals surface area (Å²) in [5, 5.41) is 1.27. The average Bonchev–Trinajstić information content (AvgIpc) is 2.63. The predicted molar refractivity (Wildman–Crippen MR) is 95.6 cm³/mol. The van der Waals surface area contributed by atoms with E-state index >= 15 is 0 Å². The van der Waals surface area contributed by atoms with E-state index in [1.165, 1.54) is 32.1 Å². The van der Waals surface area contributed by atoms with Crippen LogP contribution in [0.15, 0.2) is 57.7 Å². The second kappa shape index (κ2) is 7.42. The Morgan fingerprint density at radius 3 is 1.87 bits per heavy atom. The van der Waals surface area contributed by atoms with Crippen molar-refractivity contribution in [1.82, 2.24) is 0 Å². The van der Waals surface area contributed by atoms with Crippen LogP contribution in [0.1, 0.15) is 32.1 Å². The van der Waals surface area contributed by atoms with Crippen molar-refractivity contribution in [2.24, 2.45) is 11.7 Å². The van der Waals surface area contributed by atoms with E-state index in [-0.39, 0.29) is 5.43 Å². The van der Waals surface area contributed by atoms with Crippen LogP contribution in [0.5, 0.6) is 0 Å². The third-order valence-electron chi connectivity index (χ3n) is 4.54. The van der Waals surface area contributed by atoms with Gasteiger partial charge in [0.15, 0.2) is 0 Å². The molecule has 120 valence electrons. The van der Waals surface area contributed by atoms with Gasteiger partial charge in [-0.1, -0.05) is 43.5 Å². The third-order valence-corrected chi connectivity index (χ3v) is 4.54. The van der Waals surface area contributed by atoms with E-state index in [9.17, 15) is 4.79 Å². The number of hydrogen-bond acceptors (Lipinski definition) is 3. The molecule has 3 aromatic rings. The Morgan fingerprint density at radius 1 is 0.870 bits per heavy atom. The Morgan fingerprint density at radius 2 is 1.39 bits per heavy atom. The summed E-state index contributed by atoms with van der Waals surface area (Å²) in [7, 11) is 0. The van der Waals surface area contributed by atoms with E-state index in [0.29, 0.717) is 21.9 Å². The van der Waals surface area contributed by atoms with Crippen molar-refractivity contribution in [2.75, 3.05) is 6.54 Å². The summed E-state index contributed by atoms with van der Waals surface area (Å²) in [5.74, 6) is 0.865. The zero-order valence-electron chi connectivity index (χ0n) is 13.3. The fourth-order valence-corrected chi connectivity index (χ4v) is 3.17. The van der Waals surface area contributed by atoms with Gasteiger partial charge in [0.25, 0.3) is 0 Å². The first-order valence-electron chi connectivity index (χ1n) is 8.40. The molecule has 2 N–H and O–H groups in total. The maximum absolute atomic E-state index is 12.0. The van der Waals surface area contributed by atoms with E-state index in [0.717, 1.165) is 12.5 Å². The molecule has 3 nitrogen and oxygen atoms in total. The maximum Gasteiger partial charge on any atom is 0.200 e. The van der Waals surface area contributed by atoms with Crippen LogP contribution in [0.3, 0.4) is 0 Å². The van der Waals surface area contributed by atoms with Gasteiger partial charge in [-0.15, -0.1) is 0 Å². The molecule has 0 bridgehead atoms. The molecule has 23 heavy (non-hydrogen) atoms. The normalized spacial score (nSPS) is 15.3. The zero-order chi connectivity index (χ0) is 16.1. The van der Waals surface area contributed by atoms with Crippen molar-refractivity contribution in [1.29, 1.82) is 0 Å². The number of rotatable bonds is 1. The van der Waals surface area contributed by atoms with E-state index in [1.54, 1.807) is 12.1 Å². The Kier molecular flexibility index (Phi) is 5.09. The summed E-state index contributed by atoms with van der Waals surface area (Å²) in [5.41, 5.74) is 6.82. The first kappa shape index (κ1) is 15.8. The molecule has 0 atom stereocenters. The van der Waals surface area contributed by atoms with Gasteiger partial charge in [0.1, 0.15) is 11.2 Å². The van der Waals surface area contributed by atoms with Crippen LogP contribution in [-0.2, 0) is 0 Å². The van der Waals surface area contributed by atoms with Gasteiger partial charge in [-0.25, -0.2) is 0 Å². The molecular formula is C20H23NO2. The monoisotopic (exact) mass is 309 g/mol. The smallest absolute Gasteiger partial charge is 0.200 e. The highest BCUT2D eigenvalue weighted by Gasteiger charge is 2.10. The van der Waals surface area contributed by atoms with Gasteiger partial charge < -0.3 is 10.2 Å². The molecule has 0 unspecified atom stereocenters. The van der Waals surface area contributed by atoms with Crippen LogP contribution < -0.4 is 11.2 Å². The van der Waals surface area contributed by atoms with E-state index < -0.39 is 0 Å². The highest BCUT2D eigenvalue weighted by molar-refractivity contribution is 5.89. The Labute approximate surface area is 136 Å². The molecule has 0 spiro atoms. The molecule has 0 aliphatic heterocycles. The van der Waals surface area contributed by atoms with Gasteiger partial charge in [0.2, 0.25) is 5.43 Å². The predicted octanol–water partition coefficient (Wildman–Crippen LogP) is 4.47. The lowest BCUT2D eigenvalue weighted by molar-refractivity contribution is 0.366. The standard InChI is InChI=1S/C13H8O2.C7H15N/c14-13-9-5-1-3-7-11(9)15-12-8-4-2-6-10(12)13;8-6-7-4-2-1-3-5-7/h1-8H;7H,1-6,8H2. The van der Waals surface area contributed by atoms with Crippen LogP contribution in [0.4, 0.5) is 0 Å². The molecule has 1 aliphatic carbocycles. The average molecular weight is 309 g/mol. The minimum Gasteiger partial charge on any atom is -0.456 e. The summed E-state index contributed by atoms with van der Waals surface area (Å²) in [6.07, 6.45) is 7.05. The van der Waals surface area contributed by atoms with Crippen LogP contribution in [-0.4, -0.2) is 6.54 Å². The molecule has 1 saturated carbocycles. The third kappa shape index (κ3) is 3.62. The topological polar surface area (TPSA) is 56.2 Å². The Hall–Kier alpha value is -2.13. The van der Waals surface area contributed by atoms with Gasteiger partial charge in [-0.05, 0) is 49.6 Å². The van der Waals surface area contributed by atoms with Gasteiger partial charge in [0, 0.05) is 0 Å². The summed E-state index contributed by atoms with van der Waals surface area (Å²) in [6.45, 7) is 0.917. The Bertz CT molecular complexity index is 775. The molecular weight excluding hydrogens is 286 g/mol. The zero-order valence-corrected chi connectivity index (χ0v) is 13.3. The van der Waals surface area contributed by atoms with Gasteiger partial charge in [-0.3, -0.25) is 4.79 Å². The van der Waals surface area contributed by atoms with Crippen molar-refractivity contribution in [3.8, 4) is 0 Å². The Balaban J connectivity index is 0.000000166. The molecule has 1 fully saturated rings. The second-order valence-electron chi connectivity index (χ2n) is 6.16. The van der Waals surface area contributed by atoms with Crippen LogP contribution in [0.2, 0.25) is 0 Å². The quantitative estimate of drug-likeness (QED) is 0.675. The summed E-state index contributed by atoms with van der Waals surface area (Å²) in [4.78, 5) is 12.0. The van der Waals surface area contributed by atoms with Crippen molar-refractivity contribution < 1.29 is 4.42 Å². The highest BCUT2D eigenvalue weighted by atomic mass is 16.3. The molecule has 4 rings (SSSR count). The summed E-state index contributed by atoms with van der Waals surface area (Å²) >= 11 is 0. The van der Waals surface area contributed by atoms with E-state index in [4.69, 9.17) is 10.2 Å². The number of fused-ring (bicyclic) bond motifs is 2. The van der Waals surface area contributed by atoms with Crippen molar-refractivity contribution in [3.05, 3.63) is 58.8 Å². The molecule has 3 heteroatoms. The molecule has 0 radical (unpaired) electrons. The largest absolute Gasteiger partial charge is 0.456 e.